The lowest BCUT2D eigenvalue weighted by Crippen LogP contribution is -2.45. The van der Waals surface area contributed by atoms with Crippen LogP contribution in [0.4, 0.5) is 0 Å². The van der Waals surface area contributed by atoms with Gasteiger partial charge in [0.2, 0.25) is 5.91 Å². The minimum Gasteiger partial charge on any atom is -0.466 e. The second-order valence-electron chi connectivity index (χ2n) is 20.3. The molecule has 0 bridgehead atoms. The fourth-order valence-electron chi connectivity index (χ4n) is 9.16. The molecule has 2 atom stereocenters. The van der Waals surface area contributed by atoms with Crippen LogP contribution in [0.3, 0.4) is 0 Å². The Labute approximate surface area is 411 Å². The molecule has 0 saturated carbocycles. The molecule has 66 heavy (non-hydrogen) atoms. The summed E-state index contributed by atoms with van der Waals surface area (Å²) >= 11 is 0. The van der Waals surface area contributed by atoms with Gasteiger partial charge in [-0.15, -0.1) is 0 Å². The van der Waals surface area contributed by atoms with Crippen molar-refractivity contribution in [2.45, 2.75) is 334 Å². The van der Waals surface area contributed by atoms with E-state index >= 15 is 0 Å². The van der Waals surface area contributed by atoms with Crippen molar-refractivity contribution in [3.63, 3.8) is 0 Å². The summed E-state index contributed by atoms with van der Waals surface area (Å²) < 4.78 is 5.45. The monoisotopic (exact) mass is 930 g/mol. The third kappa shape index (κ3) is 51.7. The molecule has 0 aliphatic heterocycles. The molecule has 0 heterocycles. The van der Waals surface area contributed by atoms with Crippen LogP contribution in [0.1, 0.15) is 322 Å². The second-order valence-corrected chi connectivity index (χ2v) is 20.3. The van der Waals surface area contributed by atoms with Crippen LogP contribution >= 0.6 is 0 Å². The maximum Gasteiger partial charge on any atom is 0.305 e. The quantitative estimate of drug-likeness (QED) is 0.0321. The minimum absolute atomic E-state index is 0.0115. The summed E-state index contributed by atoms with van der Waals surface area (Å²) in [5.74, 6) is -0.0561. The molecular formula is C60H115NO5. The number of nitrogens with one attached hydrogen (secondary N) is 1. The van der Waals surface area contributed by atoms with E-state index in [0.717, 1.165) is 57.8 Å². The molecule has 0 aliphatic carbocycles. The number of hydrogen-bond acceptors (Lipinski definition) is 5. The van der Waals surface area contributed by atoms with E-state index in [1.54, 1.807) is 0 Å². The maximum absolute atomic E-state index is 12.5. The molecule has 6 heteroatoms. The number of carbonyl (C=O) groups is 2. The molecule has 0 fully saturated rings. The van der Waals surface area contributed by atoms with Crippen LogP contribution in [0, 0.1) is 0 Å². The van der Waals surface area contributed by atoms with E-state index in [1.165, 1.54) is 231 Å². The highest BCUT2D eigenvalue weighted by atomic mass is 16.5. The van der Waals surface area contributed by atoms with Crippen molar-refractivity contribution in [1.82, 2.24) is 5.32 Å². The molecular weight excluding hydrogens is 815 g/mol. The topological polar surface area (TPSA) is 95.9 Å². The first-order chi connectivity index (χ1) is 32.5. The zero-order chi connectivity index (χ0) is 47.9. The van der Waals surface area contributed by atoms with E-state index in [1.807, 2.05) is 0 Å². The summed E-state index contributed by atoms with van der Waals surface area (Å²) in [4.78, 5) is 24.5. The third-order valence-electron chi connectivity index (χ3n) is 13.7. The van der Waals surface area contributed by atoms with Crippen LogP contribution in [0.2, 0.25) is 0 Å². The number of unbranched alkanes of at least 4 members (excludes halogenated alkanes) is 40. The van der Waals surface area contributed by atoms with Gasteiger partial charge in [-0.1, -0.05) is 256 Å². The van der Waals surface area contributed by atoms with Gasteiger partial charge in [0.1, 0.15) is 0 Å². The second kappa shape index (κ2) is 55.9. The van der Waals surface area contributed by atoms with E-state index in [4.69, 9.17) is 4.74 Å². The molecule has 0 rings (SSSR count). The number of ether oxygens (including phenoxy) is 1. The fraction of sp³-hybridized carbons (Fsp3) is 0.900. The van der Waals surface area contributed by atoms with Gasteiger partial charge in [-0.05, 0) is 77.0 Å². The number of aliphatic hydroxyl groups is 2. The van der Waals surface area contributed by atoms with Crippen molar-refractivity contribution >= 4 is 11.9 Å². The highest BCUT2D eigenvalue weighted by molar-refractivity contribution is 5.76. The van der Waals surface area contributed by atoms with Gasteiger partial charge in [-0.25, -0.2) is 0 Å². The Morgan fingerprint density at radius 1 is 0.409 bits per heavy atom. The van der Waals surface area contributed by atoms with Crippen molar-refractivity contribution < 1.29 is 24.5 Å². The number of hydrogen-bond donors (Lipinski definition) is 3. The molecule has 0 aromatic heterocycles. The molecule has 6 nitrogen and oxygen atoms in total. The Bertz CT molecular complexity index is 1030. The Kier molecular flexibility index (Phi) is 54.5. The first kappa shape index (κ1) is 64.3. The van der Waals surface area contributed by atoms with Gasteiger partial charge in [0, 0.05) is 12.8 Å². The van der Waals surface area contributed by atoms with Crippen molar-refractivity contribution in [2.24, 2.45) is 0 Å². The Morgan fingerprint density at radius 2 is 0.712 bits per heavy atom. The van der Waals surface area contributed by atoms with Crippen LogP contribution < -0.4 is 5.32 Å². The van der Waals surface area contributed by atoms with Gasteiger partial charge in [0.25, 0.3) is 0 Å². The fourth-order valence-corrected chi connectivity index (χ4v) is 9.16. The van der Waals surface area contributed by atoms with E-state index in [0.29, 0.717) is 25.9 Å². The first-order valence-electron chi connectivity index (χ1n) is 29.6. The van der Waals surface area contributed by atoms with Crippen LogP contribution in [0.5, 0.6) is 0 Å². The van der Waals surface area contributed by atoms with Crippen LogP contribution in [0.15, 0.2) is 24.3 Å². The highest BCUT2D eigenvalue weighted by Gasteiger charge is 2.20. The molecule has 0 spiro atoms. The average Bonchev–Trinajstić information content (AvgIpc) is 3.32. The smallest absolute Gasteiger partial charge is 0.305 e. The lowest BCUT2D eigenvalue weighted by molar-refractivity contribution is -0.143. The molecule has 0 saturated heterocycles. The largest absolute Gasteiger partial charge is 0.466 e. The minimum atomic E-state index is -0.673. The zero-order valence-electron chi connectivity index (χ0n) is 44.4. The van der Waals surface area contributed by atoms with Crippen molar-refractivity contribution in [3.05, 3.63) is 24.3 Å². The van der Waals surface area contributed by atoms with Crippen molar-refractivity contribution in [1.29, 1.82) is 0 Å². The van der Waals surface area contributed by atoms with E-state index < -0.39 is 12.1 Å². The maximum atomic E-state index is 12.5. The Balaban J connectivity index is 3.46. The van der Waals surface area contributed by atoms with Crippen LogP contribution in [-0.4, -0.2) is 47.4 Å². The van der Waals surface area contributed by atoms with E-state index in [2.05, 4.69) is 43.5 Å². The summed E-state index contributed by atoms with van der Waals surface area (Å²) in [7, 11) is 0. The van der Waals surface area contributed by atoms with Crippen molar-refractivity contribution in [2.75, 3.05) is 13.2 Å². The molecule has 1 amide bonds. The molecule has 0 aromatic carbocycles. The van der Waals surface area contributed by atoms with E-state index in [-0.39, 0.29) is 18.5 Å². The normalized spacial score (nSPS) is 12.7. The number of aliphatic hydroxyl groups excluding tert-OH is 2. The van der Waals surface area contributed by atoms with Gasteiger partial charge >= 0.3 is 5.97 Å². The molecule has 0 aromatic rings. The lowest BCUT2D eigenvalue weighted by Gasteiger charge is -2.22. The third-order valence-corrected chi connectivity index (χ3v) is 13.7. The lowest BCUT2D eigenvalue weighted by atomic mass is 10.0. The number of rotatable bonds is 55. The van der Waals surface area contributed by atoms with Crippen LogP contribution in [-0.2, 0) is 14.3 Å². The Hall–Kier alpha value is -1.66. The number of allylic oxidation sites excluding steroid dienone is 4. The zero-order valence-corrected chi connectivity index (χ0v) is 44.4. The Morgan fingerprint density at radius 3 is 1.11 bits per heavy atom. The van der Waals surface area contributed by atoms with Gasteiger partial charge in [0.15, 0.2) is 0 Å². The van der Waals surface area contributed by atoms with Crippen molar-refractivity contribution in [3.8, 4) is 0 Å². The summed E-state index contributed by atoms with van der Waals surface area (Å²) in [6.45, 7) is 4.92. The van der Waals surface area contributed by atoms with Gasteiger partial charge in [-0.3, -0.25) is 9.59 Å². The number of esters is 1. The molecule has 0 radical (unpaired) electrons. The van der Waals surface area contributed by atoms with Gasteiger partial charge in [0.05, 0.1) is 25.4 Å². The molecule has 3 N–H and O–H groups in total. The molecule has 390 valence electrons. The van der Waals surface area contributed by atoms with E-state index in [9.17, 15) is 19.8 Å². The molecule has 0 aliphatic rings. The summed E-state index contributed by atoms with van der Waals surface area (Å²) in [6, 6.07) is -0.551. The number of carbonyl (C=O) groups excluding carboxylic acids is 2. The molecule has 2 unspecified atom stereocenters. The summed E-state index contributed by atoms with van der Waals surface area (Å²) in [5, 5.41) is 23.3. The first-order valence-corrected chi connectivity index (χ1v) is 29.6. The number of amides is 1. The average molecular weight is 931 g/mol. The summed E-state index contributed by atoms with van der Waals surface area (Å²) in [6.07, 6.45) is 67.4. The summed E-state index contributed by atoms with van der Waals surface area (Å²) in [5.41, 5.74) is 0. The van der Waals surface area contributed by atoms with Crippen LogP contribution in [0.25, 0.3) is 0 Å². The standard InChI is InChI=1S/C60H115NO5/c1-3-5-7-9-11-13-15-17-18-19-20-21-23-26-29-32-36-40-44-48-52-58(63)57(56-62)61-59(64)53-49-45-41-37-33-30-27-24-22-25-28-31-35-39-43-47-51-55-66-60(65)54-50-46-42-38-34-16-14-12-10-8-6-4-2/h12,14,22,25,57-58,62-63H,3-11,13,15-21,23-24,26-56H2,1-2H3,(H,61,64)/b14-12-,25-22-. The SMILES string of the molecule is CCCCC/C=C\CCCCCCCC(=O)OCCCCCCCC/C=C\CCCCCCCCCC(=O)NC(CO)C(O)CCCCCCCCCCCCCCCCCCCCCC. The predicted octanol–water partition coefficient (Wildman–Crippen LogP) is 18.2. The van der Waals surface area contributed by atoms with Gasteiger partial charge < -0.3 is 20.3 Å². The highest BCUT2D eigenvalue weighted by Crippen LogP contribution is 2.17. The van der Waals surface area contributed by atoms with Gasteiger partial charge in [-0.2, -0.15) is 0 Å². The predicted molar refractivity (Wildman–Crippen MR) is 287 cm³/mol.